The summed E-state index contributed by atoms with van der Waals surface area (Å²) < 4.78 is 5.69. The first-order valence-corrected chi connectivity index (χ1v) is 5.95. The molecule has 1 N–H and O–H groups in total. The summed E-state index contributed by atoms with van der Waals surface area (Å²) in [6.45, 7) is 2.00. The van der Waals surface area contributed by atoms with Crippen molar-refractivity contribution in [3.63, 3.8) is 0 Å². The Balaban J connectivity index is 2.88. The lowest BCUT2D eigenvalue weighted by atomic mass is 10.1. The summed E-state index contributed by atoms with van der Waals surface area (Å²) in [7, 11) is 1.25. The summed E-state index contributed by atoms with van der Waals surface area (Å²) in [5, 5.41) is 0.175. The molecule has 0 aliphatic heterocycles. The maximum Gasteiger partial charge on any atom is 0.364 e. The third-order valence-electron chi connectivity index (χ3n) is 2.82. The molecule has 0 aromatic carbocycles. The van der Waals surface area contributed by atoms with Crippen LogP contribution >= 0.6 is 0 Å². The van der Waals surface area contributed by atoms with Crippen LogP contribution in [0.15, 0.2) is 24.9 Å². The van der Waals surface area contributed by atoms with E-state index in [9.17, 15) is 14.4 Å². The van der Waals surface area contributed by atoms with Crippen molar-refractivity contribution in [3.05, 3.63) is 42.9 Å². The summed E-state index contributed by atoms with van der Waals surface area (Å²) in [6, 6.07) is 1.28. The van der Waals surface area contributed by atoms with Crippen LogP contribution in [0.3, 0.4) is 0 Å². The smallest absolute Gasteiger partial charge is 0.364 e. The average Bonchev–Trinajstić information content (AvgIpc) is 2.35. The van der Waals surface area contributed by atoms with Crippen molar-refractivity contribution < 1.29 is 9.25 Å². The van der Waals surface area contributed by atoms with Crippen molar-refractivity contribution in [2.24, 2.45) is 0 Å². The summed E-state index contributed by atoms with van der Waals surface area (Å²) >= 11 is 0. The van der Waals surface area contributed by atoms with Gasteiger partial charge >= 0.3 is 11.3 Å². The second kappa shape index (κ2) is 5.13. The first kappa shape index (κ1) is 13.1. The molecule has 2 aromatic rings. The van der Waals surface area contributed by atoms with Crippen LogP contribution in [0.1, 0.15) is 25.3 Å². The van der Waals surface area contributed by atoms with E-state index < -0.39 is 16.9 Å². The van der Waals surface area contributed by atoms with Crippen molar-refractivity contribution in [3.8, 4) is 0 Å². The van der Waals surface area contributed by atoms with Crippen molar-refractivity contribution in [1.82, 2.24) is 9.71 Å². The molecule has 0 spiro atoms. The Morgan fingerprint density at radius 1 is 1.37 bits per heavy atom. The van der Waals surface area contributed by atoms with Crippen molar-refractivity contribution in [2.75, 3.05) is 7.11 Å². The maximum atomic E-state index is 11.9. The Morgan fingerprint density at radius 3 is 2.74 bits per heavy atom. The number of nitrogens with one attached hydrogen (secondary N) is 1. The number of hydrogen-bond donors (Lipinski definition) is 1. The molecule has 2 rings (SSSR count). The second-order valence-corrected chi connectivity index (χ2v) is 4.11. The average molecular weight is 266 g/mol. The van der Waals surface area contributed by atoms with E-state index >= 15 is 0 Å². The van der Waals surface area contributed by atoms with Gasteiger partial charge in [-0.1, -0.05) is 18.1 Å². The number of aromatic nitrogens is 2. The quantitative estimate of drug-likeness (QED) is 0.843. The van der Waals surface area contributed by atoms with Crippen molar-refractivity contribution in [1.29, 1.82) is 0 Å². The SMILES string of the molecule is CCCCc1cc(=O)oc2c1c(=O)[nH]c(=O)n2OC. The predicted octanol–water partition coefficient (Wildman–Crippen LogP) is 0.0440. The fourth-order valence-electron chi connectivity index (χ4n) is 1.95. The highest BCUT2D eigenvalue weighted by Crippen LogP contribution is 2.13. The van der Waals surface area contributed by atoms with E-state index in [4.69, 9.17) is 9.25 Å². The van der Waals surface area contributed by atoms with Gasteiger partial charge in [0.1, 0.15) is 12.5 Å². The van der Waals surface area contributed by atoms with Gasteiger partial charge in [-0.05, 0) is 18.4 Å². The number of unbranched alkanes of at least 4 members (excludes halogenated alkanes) is 1. The molecule has 2 aromatic heterocycles. The normalized spacial score (nSPS) is 10.8. The Hall–Kier alpha value is -2.31. The highest BCUT2D eigenvalue weighted by molar-refractivity contribution is 5.75. The molecule has 7 heteroatoms. The summed E-state index contributed by atoms with van der Waals surface area (Å²) in [4.78, 5) is 41.9. The molecule has 0 fully saturated rings. The fraction of sp³-hybridized carbons (Fsp3) is 0.417. The number of aryl methyl sites for hydroxylation is 1. The molecule has 102 valence electrons. The first-order chi connectivity index (χ1) is 9.08. The van der Waals surface area contributed by atoms with Crippen molar-refractivity contribution >= 4 is 11.1 Å². The minimum atomic E-state index is -0.782. The van der Waals surface area contributed by atoms with E-state index in [1.54, 1.807) is 0 Å². The topological polar surface area (TPSA) is 94.3 Å². The lowest BCUT2D eigenvalue weighted by molar-refractivity contribution is 0.153. The Kier molecular flexibility index (Phi) is 3.55. The van der Waals surface area contributed by atoms with Crippen LogP contribution in [-0.4, -0.2) is 16.8 Å². The molecule has 0 aliphatic carbocycles. The maximum absolute atomic E-state index is 11.9. The number of H-pyrrole nitrogens is 1. The van der Waals surface area contributed by atoms with E-state index in [0.29, 0.717) is 12.0 Å². The van der Waals surface area contributed by atoms with E-state index in [1.165, 1.54) is 13.2 Å². The minimum absolute atomic E-state index is 0.158. The number of nitrogens with zero attached hydrogens (tertiary/aromatic N) is 1. The molecular weight excluding hydrogens is 252 g/mol. The molecule has 0 saturated heterocycles. The van der Waals surface area contributed by atoms with Gasteiger partial charge in [0.25, 0.3) is 11.3 Å². The van der Waals surface area contributed by atoms with Gasteiger partial charge in [-0.3, -0.25) is 9.78 Å². The lowest BCUT2D eigenvalue weighted by Gasteiger charge is -2.07. The van der Waals surface area contributed by atoms with Gasteiger partial charge in [0.05, 0.1) is 0 Å². The monoisotopic (exact) mass is 266 g/mol. The van der Waals surface area contributed by atoms with Crippen LogP contribution in [0, 0.1) is 0 Å². The van der Waals surface area contributed by atoms with Gasteiger partial charge in [0, 0.05) is 6.07 Å². The summed E-state index contributed by atoms with van der Waals surface area (Å²) in [5.41, 5.74) is -1.58. The third kappa shape index (κ3) is 2.31. The van der Waals surface area contributed by atoms with Gasteiger partial charge in [-0.15, -0.1) is 0 Å². The van der Waals surface area contributed by atoms with Crippen molar-refractivity contribution in [2.45, 2.75) is 26.2 Å². The number of fused-ring (bicyclic) bond motifs is 1. The highest BCUT2D eigenvalue weighted by Gasteiger charge is 2.15. The van der Waals surface area contributed by atoms with Crippen LogP contribution in [0.4, 0.5) is 0 Å². The molecule has 0 unspecified atom stereocenters. The predicted molar refractivity (Wildman–Crippen MR) is 68.5 cm³/mol. The first-order valence-electron chi connectivity index (χ1n) is 5.95. The van der Waals surface area contributed by atoms with Crippen LogP contribution in [0.25, 0.3) is 11.1 Å². The molecule has 0 amide bonds. The van der Waals surface area contributed by atoms with Crippen LogP contribution < -0.4 is 21.7 Å². The van der Waals surface area contributed by atoms with E-state index in [-0.39, 0.29) is 11.1 Å². The van der Waals surface area contributed by atoms with Crippen LogP contribution in [0.2, 0.25) is 0 Å². The Bertz CT molecular complexity index is 768. The van der Waals surface area contributed by atoms with Gasteiger partial charge in [0.15, 0.2) is 0 Å². The summed E-state index contributed by atoms with van der Waals surface area (Å²) in [6.07, 6.45) is 2.30. The largest absolute Gasteiger partial charge is 0.409 e. The number of rotatable bonds is 4. The molecule has 0 radical (unpaired) electrons. The molecule has 19 heavy (non-hydrogen) atoms. The van der Waals surface area contributed by atoms with Gasteiger partial charge in [-0.25, -0.2) is 9.59 Å². The molecular formula is C12H14N2O5. The highest BCUT2D eigenvalue weighted by atomic mass is 16.7. The molecule has 0 aliphatic rings. The zero-order valence-corrected chi connectivity index (χ0v) is 10.7. The van der Waals surface area contributed by atoms with E-state index in [1.807, 2.05) is 6.92 Å². The van der Waals surface area contributed by atoms with Gasteiger partial charge in [-0.2, -0.15) is 0 Å². The zero-order chi connectivity index (χ0) is 14.0. The Morgan fingerprint density at radius 2 is 2.11 bits per heavy atom. The second-order valence-electron chi connectivity index (χ2n) is 4.11. The number of aromatic amines is 1. The summed E-state index contributed by atoms with van der Waals surface area (Å²) in [5.74, 6) is 0. The Labute approximate surface area is 107 Å². The minimum Gasteiger partial charge on any atom is -0.409 e. The van der Waals surface area contributed by atoms with Crippen LogP contribution in [0.5, 0.6) is 0 Å². The molecule has 0 saturated carbocycles. The molecule has 0 atom stereocenters. The standard InChI is InChI=1S/C12H14N2O5/c1-3-4-5-7-6-8(15)19-11-9(7)10(16)13-12(17)14(11)18-2/h6H,3-5H2,1-2H3,(H,13,16,17). The van der Waals surface area contributed by atoms with Gasteiger partial charge < -0.3 is 9.25 Å². The van der Waals surface area contributed by atoms with E-state index in [0.717, 1.165) is 17.6 Å². The molecule has 0 bridgehead atoms. The molecule has 2 heterocycles. The fourth-order valence-corrected chi connectivity index (χ4v) is 1.95. The molecule has 7 nitrogen and oxygen atoms in total. The number of hydrogen-bond acceptors (Lipinski definition) is 5. The lowest BCUT2D eigenvalue weighted by Crippen LogP contribution is -2.34. The van der Waals surface area contributed by atoms with Crippen LogP contribution in [-0.2, 0) is 6.42 Å². The van der Waals surface area contributed by atoms with Gasteiger partial charge in [0.2, 0.25) is 0 Å². The van der Waals surface area contributed by atoms with E-state index in [2.05, 4.69) is 4.98 Å². The zero-order valence-electron chi connectivity index (χ0n) is 10.7. The third-order valence-corrected chi connectivity index (χ3v) is 2.82.